The molecule has 0 amide bonds. The van der Waals surface area contributed by atoms with Gasteiger partial charge < -0.3 is 14.5 Å². The number of aromatic amines is 1. The van der Waals surface area contributed by atoms with Crippen molar-refractivity contribution >= 4 is 0 Å². The van der Waals surface area contributed by atoms with Gasteiger partial charge in [-0.1, -0.05) is 6.07 Å². The zero-order valence-corrected chi connectivity index (χ0v) is 12.1. The van der Waals surface area contributed by atoms with Crippen LogP contribution in [0.5, 0.6) is 11.5 Å². The Balaban J connectivity index is 2.58. The fraction of sp³-hybridized carbons (Fsp3) is 0.188. The summed E-state index contributed by atoms with van der Waals surface area (Å²) < 4.78 is 10.5. The van der Waals surface area contributed by atoms with Crippen molar-refractivity contribution in [3.63, 3.8) is 0 Å². The second-order valence-corrected chi connectivity index (χ2v) is 4.49. The van der Waals surface area contributed by atoms with Crippen LogP contribution in [0.2, 0.25) is 0 Å². The van der Waals surface area contributed by atoms with Gasteiger partial charge in [-0.2, -0.15) is 10.5 Å². The molecule has 1 heterocycles. The van der Waals surface area contributed by atoms with E-state index in [9.17, 15) is 10.1 Å². The second-order valence-electron chi connectivity index (χ2n) is 4.49. The molecule has 22 heavy (non-hydrogen) atoms. The highest BCUT2D eigenvalue weighted by atomic mass is 16.5. The van der Waals surface area contributed by atoms with Crippen molar-refractivity contribution < 1.29 is 9.47 Å². The van der Waals surface area contributed by atoms with E-state index in [1.54, 1.807) is 31.2 Å². The molecular weight excluding hydrogens is 282 g/mol. The molecule has 0 aliphatic heterocycles. The molecule has 0 atom stereocenters. The van der Waals surface area contributed by atoms with E-state index in [1.165, 1.54) is 7.11 Å². The number of pyridine rings is 1. The molecule has 1 aromatic heterocycles. The predicted octanol–water partition coefficient (Wildman–Crippen LogP) is 2.13. The lowest BCUT2D eigenvalue weighted by Gasteiger charge is -2.11. The largest absolute Gasteiger partial charge is 0.493 e. The van der Waals surface area contributed by atoms with Gasteiger partial charge in [0, 0.05) is 11.3 Å². The van der Waals surface area contributed by atoms with Gasteiger partial charge >= 0.3 is 0 Å². The van der Waals surface area contributed by atoms with Crippen molar-refractivity contribution in [3.05, 3.63) is 45.9 Å². The maximum Gasteiger partial charge on any atom is 0.266 e. The average Bonchev–Trinajstić information content (AvgIpc) is 2.52. The first kappa shape index (κ1) is 15.1. The van der Waals surface area contributed by atoms with E-state index in [0.717, 1.165) is 0 Å². The molecule has 0 aliphatic carbocycles. The molecule has 0 saturated heterocycles. The minimum Gasteiger partial charge on any atom is -0.493 e. The van der Waals surface area contributed by atoms with Gasteiger partial charge in [0.2, 0.25) is 0 Å². The molecule has 1 aromatic carbocycles. The number of methoxy groups -OCH3 is 1. The Morgan fingerprint density at radius 2 is 2.00 bits per heavy atom. The minimum atomic E-state index is -0.429. The lowest BCUT2D eigenvalue weighted by molar-refractivity contribution is 0.330. The molecule has 0 unspecified atom stereocenters. The first-order valence-corrected chi connectivity index (χ1v) is 6.43. The van der Waals surface area contributed by atoms with Gasteiger partial charge in [0.25, 0.3) is 5.56 Å². The molecule has 0 spiro atoms. The summed E-state index contributed by atoms with van der Waals surface area (Å²) in [7, 11) is 1.48. The third-order valence-electron chi connectivity index (χ3n) is 3.05. The van der Waals surface area contributed by atoms with Crippen molar-refractivity contribution in [3.8, 4) is 34.8 Å². The molecular formula is C16H13N3O3. The van der Waals surface area contributed by atoms with Crippen molar-refractivity contribution in [2.45, 2.75) is 6.92 Å². The van der Waals surface area contributed by atoms with Gasteiger partial charge in [0.05, 0.1) is 7.11 Å². The summed E-state index contributed by atoms with van der Waals surface area (Å²) in [4.78, 5) is 14.5. The van der Waals surface area contributed by atoms with Crippen molar-refractivity contribution in [1.29, 1.82) is 10.5 Å². The Kier molecular flexibility index (Phi) is 4.45. The molecule has 0 fully saturated rings. The number of benzene rings is 1. The van der Waals surface area contributed by atoms with Crippen LogP contribution in [0, 0.1) is 29.6 Å². The third-order valence-corrected chi connectivity index (χ3v) is 3.05. The summed E-state index contributed by atoms with van der Waals surface area (Å²) in [5.41, 5.74) is 1.45. The highest BCUT2D eigenvalue weighted by molar-refractivity contribution is 5.72. The number of aryl methyl sites for hydroxylation is 1. The van der Waals surface area contributed by atoms with E-state index in [2.05, 4.69) is 4.98 Å². The highest BCUT2D eigenvalue weighted by Gasteiger charge is 2.13. The van der Waals surface area contributed by atoms with E-state index < -0.39 is 5.56 Å². The number of nitrogens with zero attached hydrogens (tertiary/aromatic N) is 2. The number of nitriles is 2. The molecule has 6 heteroatoms. The van der Waals surface area contributed by atoms with Crippen LogP contribution in [-0.4, -0.2) is 18.7 Å². The van der Waals surface area contributed by atoms with E-state index in [1.807, 2.05) is 12.1 Å². The van der Waals surface area contributed by atoms with Crippen LogP contribution in [0.3, 0.4) is 0 Å². The monoisotopic (exact) mass is 295 g/mol. The van der Waals surface area contributed by atoms with E-state index in [0.29, 0.717) is 28.3 Å². The maximum absolute atomic E-state index is 11.9. The number of hydrogen-bond donors (Lipinski definition) is 1. The van der Waals surface area contributed by atoms with Gasteiger partial charge in [-0.3, -0.25) is 4.79 Å². The van der Waals surface area contributed by atoms with Gasteiger partial charge in [-0.05, 0) is 30.7 Å². The second kappa shape index (κ2) is 6.47. The van der Waals surface area contributed by atoms with E-state index >= 15 is 0 Å². The Morgan fingerprint density at radius 1 is 1.23 bits per heavy atom. The number of nitrogens with one attached hydrogen (secondary N) is 1. The van der Waals surface area contributed by atoms with Gasteiger partial charge in [0.1, 0.15) is 17.7 Å². The first-order valence-electron chi connectivity index (χ1n) is 6.43. The van der Waals surface area contributed by atoms with Crippen LogP contribution in [0.4, 0.5) is 0 Å². The van der Waals surface area contributed by atoms with Crippen LogP contribution in [0.1, 0.15) is 11.3 Å². The molecule has 6 nitrogen and oxygen atoms in total. The van der Waals surface area contributed by atoms with Gasteiger partial charge in [-0.25, -0.2) is 0 Å². The Morgan fingerprint density at radius 3 is 2.64 bits per heavy atom. The summed E-state index contributed by atoms with van der Waals surface area (Å²) >= 11 is 0. The third kappa shape index (κ3) is 2.92. The number of aromatic nitrogens is 1. The van der Waals surface area contributed by atoms with Crippen LogP contribution in [0.25, 0.3) is 11.1 Å². The van der Waals surface area contributed by atoms with Crippen LogP contribution >= 0.6 is 0 Å². The SMILES string of the molecule is COc1cc(-c2cc(C)[nH]c(=O)c2C#N)ccc1OCC#N. The summed E-state index contributed by atoms with van der Waals surface area (Å²) in [6, 6.07) is 10.5. The highest BCUT2D eigenvalue weighted by Crippen LogP contribution is 2.33. The lowest BCUT2D eigenvalue weighted by Crippen LogP contribution is -2.12. The Hall–Kier alpha value is -3.25. The van der Waals surface area contributed by atoms with Crippen molar-refractivity contribution in [2.24, 2.45) is 0 Å². The summed E-state index contributed by atoms with van der Waals surface area (Å²) in [5, 5.41) is 17.7. The molecule has 110 valence electrons. The van der Waals surface area contributed by atoms with Gasteiger partial charge in [0.15, 0.2) is 18.1 Å². The molecule has 0 radical (unpaired) electrons. The molecule has 0 bridgehead atoms. The fourth-order valence-corrected chi connectivity index (χ4v) is 2.09. The molecule has 2 aromatic rings. The van der Waals surface area contributed by atoms with Crippen LogP contribution in [0.15, 0.2) is 29.1 Å². The fourth-order valence-electron chi connectivity index (χ4n) is 2.09. The predicted molar refractivity (Wildman–Crippen MR) is 79.6 cm³/mol. The van der Waals surface area contributed by atoms with E-state index in [4.69, 9.17) is 14.7 Å². The standard InChI is InChI=1S/C16H13N3O3/c1-10-7-12(13(9-18)16(20)19-10)11-3-4-14(22-6-5-17)15(8-11)21-2/h3-4,7-8H,6H2,1-2H3,(H,19,20). The van der Waals surface area contributed by atoms with E-state index in [-0.39, 0.29) is 12.2 Å². The first-order chi connectivity index (χ1) is 10.6. The quantitative estimate of drug-likeness (QED) is 0.931. The maximum atomic E-state index is 11.9. The molecule has 0 saturated carbocycles. The minimum absolute atomic E-state index is 0.0401. The van der Waals surface area contributed by atoms with Crippen LogP contribution in [-0.2, 0) is 0 Å². The van der Waals surface area contributed by atoms with Crippen LogP contribution < -0.4 is 15.0 Å². The van der Waals surface area contributed by atoms with Gasteiger partial charge in [-0.15, -0.1) is 0 Å². The molecule has 1 N–H and O–H groups in total. The lowest BCUT2D eigenvalue weighted by atomic mass is 10.0. The molecule has 0 aliphatic rings. The summed E-state index contributed by atoms with van der Waals surface area (Å²) in [6.45, 7) is 1.65. The average molecular weight is 295 g/mol. The topological polar surface area (TPSA) is 98.9 Å². The zero-order chi connectivity index (χ0) is 16.1. The summed E-state index contributed by atoms with van der Waals surface area (Å²) in [5.74, 6) is 0.849. The summed E-state index contributed by atoms with van der Waals surface area (Å²) in [6.07, 6.45) is 0. The Labute approximate surface area is 127 Å². The molecule has 2 rings (SSSR count). The number of hydrogen-bond acceptors (Lipinski definition) is 5. The number of H-pyrrole nitrogens is 1. The smallest absolute Gasteiger partial charge is 0.266 e. The number of ether oxygens (including phenoxy) is 2. The van der Waals surface area contributed by atoms with Crippen molar-refractivity contribution in [2.75, 3.05) is 13.7 Å². The van der Waals surface area contributed by atoms with Crippen molar-refractivity contribution in [1.82, 2.24) is 4.98 Å². The number of rotatable bonds is 4. The normalized spacial score (nSPS) is 9.64. The zero-order valence-electron chi connectivity index (χ0n) is 12.1. The Bertz CT molecular complexity index is 841.